The topological polar surface area (TPSA) is 128 Å². The van der Waals surface area contributed by atoms with Crippen molar-refractivity contribution in [3.05, 3.63) is 53.7 Å². The first-order valence-electron chi connectivity index (χ1n) is 8.77. The Morgan fingerprint density at radius 1 is 1.18 bits per heavy atom. The monoisotopic (exact) mass is 381 g/mol. The molecule has 0 saturated heterocycles. The van der Waals surface area contributed by atoms with E-state index in [0.717, 1.165) is 15.8 Å². The Morgan fingerprint density at radius 2 is 1.89 bits per heavy atom. The van der Waals surface area contributed by atoms with Gasteiger partial charge in [-0.1, -0.05) is 13.8 Å². The summed E-state index contributed by atoms with van der Waals surface area (Å²) in [7, 11) is 1.79. The average Bonchev–Trinajstić information content (AvgIpc) is 3.03. The molecule has 8 heteroatoms. The number of nitrogens with one attached hydrogen (secondary N) is 2. The fourth-order valence-corrected chi connectivity index (χ4v) is 3.20. The van der Waals surface area contributed by atoms with E-state index in [-0.39, 0.29) is 28.8 Å². The summed E-state index contributed by atoms with van der Waals surface area (Å²) in [5, 5.41) is 29.7. The third-order valence-corrected chi connectivity index (χ3v) is 4.64. The van der Waals surface area contributed by atoms with Crippen LogP contribution in [0.4, 0.5) is 10.5 Å². The van der Waals surface area contributed by atoms with Crippen LogP contribution < -0.4 is 16.1 Å². The van der Waals surface area contributed by atoms with Crippen molar-refractivity contribution in [2.45, 2.75) is 19.8 Å². The third-order valence-electron chi connectivity index (χ3n) is 4.64. The number of phenols is 2. The molecule has 0 fully saturated rings. The number of aromatic hydroxyl groups is 2. The van der Waals surface area contributed by atoms with Gasteiger partial charge in [-0.3, -0.25) is 10.1 Å². The van der Waals surface area contributed by atoms with Gasteiger partial charge in [-0.15, -0.1) is 0 Å². The van der Waals surface area contributed by atoms with Crippen LogP contribution in [0, 0.1) is 5.41 Å². The molecule has 8 nitrogen and oxygen atoms in total. The maximum atomic E-state index is 12.2. The molecule has 146 valence electrons. The van der Waals surface area contributed by atoms with Gasteiger partial charge in [-0.2, -0.15) is 0 Å². The van der Waals surface area contributed by atoms with Gasteiger partial charge >= 0.3 is 6.03 Å². The van der Waals surface area contributed by atoms with Gasteiger partial charge in [-0.05, 0) is 41.8 Å². The first-order valence-corrected chi connectivity index (χ1v) is 8.77. The minimum absolute atomic E-state index is 0.0353. The molecule has 1 heterocycles. The lowest BCUT2D eigenvalue weighted by atomic mass is 9.98. The summed E-state index contributed by atoms with van der Waals surface area (Å²) >= 11 is 0. The summed E-state index contributed by atoms with van der Waals surface area (Å²) in [5.74, 6) is -0.684. The lowest BCUT2D eigenvalue weighted by molar-refractivity contribution is 0.256. The maximum absolute atomic E-state index is 12.2. The largest absolute Gasteiger partial charge is 0.508 e. The second-order valence-corrected chi connectivity index (χ2v) is 6.76. The zero-order valence-electron chi connectivity index (χ0n) is 15.9. The van der Waals surface area contributed by atoms with Crippen LogP contribution in [0.15, 0.2) is 42.6 Å². The normalized spacial score (nSPS) is 11.0. The molecule has 3 aromatic rings. The van der Waals surface area contributed by atoms with Crippen LogP contribution in [0.3, 0.4) is 0 Å². The second kappa shape index (κ2) is 7.15. The molecule has 0 aliphatic heterocycles. The van der Waals surface area contributed by atoms with Crippen molar-refractivity contribution in [1.29, 1.82) is 5.41 Å². The van der Waals surface area contributed by atoms with E-state index in [1.807, 2.05) is 30.8 Å². The first-order chi connectivity index (χ1) is 13.2. The Kier molecular flexibility index (Phi) is 4.87. The summed E-state index contributed by atoms with van der Waals surface area (Å²) in [6, 6.07) is 8.92. The van der Waals surface area contributed by atoms with E-state index in [9.17, 15) is 15.0 Å². The quantitative estimate of drug-likeness (QED) is 0.351. The van der Waals surface area contributed by atoms with Crippen molar-refractivity contribution in [1.82, 2.24) is 4.68 Å². The van der Waals surface area contributed by atoms with E-state index in [2.05, 4.69) is 5.43 Å². The number of amidine groups is 1. The summed E-state index contributed by atoms with van der Waals surface area (Å²) in [4.78, 5) is 13.2. The molecular formula is C20H23N5O3. The summed E-state index contributed by atoms with van der Waals surface area (Å²) in [6.45, 7) is 3.76. The molecule has 0 aliphatic carbocycles. The minimum Gasteiger partial charge on any atom is -0.508 e. The van der Waals surface area contributed by atoms with Crippen LogP contribution in [-0.2, 0) is 0 Å². The number of benzene rings is 2. The van der Waals surface area contributed by atoms with Crippen molar-refractivity contribution in [2.75, 3.05) is 17.4 Å². The van der Waals surface area contributed by atoms with Gasteiger partial charge in [-0.25, -0.2) is 9.69 Å². The number of nitrogens with two attached hydrogens (primary N) is 1. The Labute approximate surface area is 162 Å². The van der Waals surface area contributed by atoms with E-state index >= 15 is 0 Å². The highest BCUT2D eigenvalue weighted by atomic mass is 16.3. The molecule has 0 radical (unpaired) electrons. The van der Waals surface area contributed by atoms with Crippen LogP contribution in [0.1, 0.15) is 30.9 Å². The summed E-state index contributed by atoms with van der Waals surface area (Å²) in [5.41, 5.74) is 10.5. The number of carbonyl (C=O) groups is 1. The predicted octanol–water partition coefficient (Wildman–Crippen LogP) is 3.26. The summed E-state index contributed by atoms with van der Waals surface area (Å²) in [6.07, 6.45) is 1.84. The number of primary amides is 1. The standard InChI is InChI=1S/C20H23N5O3/c1-11(2)14-9-15(18(27)10-17(14)26)19(21)25(20(22)28)13-4-5-16-12(8-13)6-7-24(16)23-3/h4-11,21,23,26-27H,1-3H3,(H2,22,28). The van der Waals surface area contributed by atoms with E-state index in [1.165, 1.54) is 12.1 Å². The van der Waals surface area contributed by atoms with E-state index in [4.69, 9.17) is 11.1 Å². The average molecular weight is 381 g/mol. The Balaban J connectivity index is 2.09. The Hall–Kier alpha value is -3.68. The van der Waals surface area contributed by atoms with Crippen molar-refractivity contribution >= 4 is 28.5 Å². The van der Waals surface area contributed by atoms with Gasteiger partial charge < -0.3 is 21.4 Å². The van der Waals surface area contributed by atoms with Crippen molar-refractivity contribution in [3.63, 3.8) is 0 Å². The molecule has 1 aromatic heterocycles. The number of hydrogen-bond donors (Lipinski definition) is 5. The number of amides is 2. The number of carbonyl (C=O) groups excluding carboxylic acids is 1. The highest BCUT2D eigenvalue weighted by molar-refractivity contribution is 6.22. The molecule has 0 unspecified atom stereocenters. The zero-order chi connectivity index (χ0) is 20.6. The lowest BCUT2D eigenvalue weighted by Gasteiger charge is -2.23. The third kappa shape index (κ3) is 3.20. The molecular weight excluding hydrogens is 358 g/mol. The zero-order valence-corrected chi connectivity index (χ0v) is 15.9. The number of phenolic OH excluding ortho intramolecular Hbond substituents is 2. The molecule has 28 heavy (non-hydrogen) atoms. The van der Waals surface area contributed by atoms with Gasteiger partial charge in [0.05, 0.1) is 16.8 Å². The van der Waals surface area contributed by atoms with Crippen LogP contribution in [0.25, 0.3) is 10.9 Å². The number of nitrogens with zero attached hydrogens (tertiary/aromatic N) is 2. The number of fused-ring (bicyclic) bond motifs is 1. The summed E-state index contributed by atoms with van der Waals surface area (Å²) < 4.78 is 1.82. The van der Waals surface area contributed by atoms with Gasteiger partial charge in [0.1, 0.15) is 17.3 Å². The second-order valence-electron chi connectivity index (χ2n) is 6.76. The molecule has 6 N–H and O–H groups in total. The molecule has 0 saturated carbocycles. The molecule has 2 amide bonds. The number of urea groups is 1. The fraction of sp³-hybridized carbons (Fsp3) is 0.200. The molecule has 0 aliphatic rings. The van der Waals surface area contributed by atoms with Gasteiger partial charge in [0.2, 0.25) is 0 Å². The Bertz CT molecular complexity index is 1070. The van der Waals surface area contributed by atoms with Gasteiger partial charge in [0.25, 0.3) is 0 Å². The van der Waals surface area contributed by atoms with E-state index in [0.29, 0.717) is 11.3 Å². The van der Waals surface area contributed by atoms with Crippen LogP contribution in [0.2, 0.25) is 0 Å². The first kappa shape index (κ1) is 19.1. The van der Waals surface area contributed by atoms with Crippen molar-refractivity contribution in [3.8, 4) is 11.5 Å². The molecule has 2 aromatic carbocycles. The SMILES string of the molecule is CNn1ccc2cc(N(C(=N)c3cc(C(C)C)c(O)cc3O)C(N)=O)ccc21. The molecule has 0 spiro atoms. The van der Waals surface area contributed by atoms with Crippen molar-refractivity contribution < 1.29 is 15.0 Å². The van der Waals surface area contributed by atoms with Crippen molar-refractivity contribution in [2.24, 2.45) is 5.73 Å². The number of aromatic nitrogens is 1. The van der Waals surface area contributed by atoms with Gasteiger partial charge in [0, 0.05) is 24.7 Å². The highest BCUT2D eigenvalue weighted by Gasteiger charge is 2.24. The number of hydrogen-bond acceptors (Lipinski definition) is 5. The fourth-order valence-electron chi connectivity index (χ4n) is 3.20. The minimum atomic E-state index is -0.851. The molecule has 3 rings (SSSR count). The van der Waals surface area contributed by atoms with Crippen LogP contribution >= 0.6 is 0 Å². The molecule has 0 atom stereocenters. The smallest absolute Gasteiger partial charge is 0.325 e. The van der Waals surface area contributed by atoms with Gasteiger partial charge in [0.15, 0.2) is 0 Å². The van der Waals surface area contributed by atoms with Crippen LogP contribution in [0.5, 0.6) is 11.5 Å². The highest BCUT2D eigenvalue weighted by Crippen LogP contribution is 2.34. The molecule has 0 bridgehead atoms. The van der Waals surface area contributed by atoms with Crippen LogP contribution in [-0.4, -0.2) is 33.8 Å². The maximum Gasteiger partial charge on any atom is 0.325 e. The van der Waals surface area contributed by atoms with E-state index < -0.39 is 6.03 Å². The van der Waals surface area contributed by atoms with E-state index in [1.54, 1.807) is 25.2 Å². The number of rotatable bonds is 4. The number of anilines is 1. The predicted molar refractivity (Wildman–Crippen MR) is 110 cm³/mol. The Morgan fingerprint density at radius 3 is 2.50 bits per heavy atom. The lowest BCUT2D eigenvalue weighted by Crippen LogP contribution is -2.41.